The second-order valence-corrected chi connectivity index (χ2v) is 8.27. The highest BCUT2D eigenvalue weighted by atomic mass is 35.5. The van der Waals surface area contributed by atoms with E-state index in [1.165, 1.54) is 31.4 Å². The molecule has 0 unspecified atom stereocenters. The molecule has 0 saturated carbocycles. The number of hydrogen-bond donors (Lipinski definition) is 2. The van der Waals surface area contributed by atoms with Crippen molar-refractivity contribution in [3.05, 3.63) is 52.0 Å². The summed E-state index contributed by atoms with van der Waals surface area (Å²) in [6.45, 7) is 3.40. The molecule has 2 aromatic carbocycles. The summed E-state index contributed by atoms with van der Waals surface area (Å²) in [5.74, 6) is -0.179. The summed E-state index contributed by atoms with van der Waals surface area (Å²) < 4.78 is 32.3. The number of halogens is 2. The number of benzene rings is 2. The molecular formula is C17H18Cl2N2O4S. The molecule has 0 aliphatic heterocycles. The molecule has 0 spiro atoms. The number of carbonyl (C=O) groups excluding carboxylic acids is 1. The fourth-order valence-corrected chi connectivity index (χ4v) is 3.84. The fraction of sp³-hybridized carbons (Fsp3) is 0.235. The van der Waals surface area contributed by atoms with E-state index in [0.29, 0.717) is 16.5 Å². The van der Waals surface area contributed by atoms with Crippen molar-refractivity contribution < 1.29 is 17.9 Å². The van der Waals surface area contributed by atoms with Crippen LogP contribution < -0.4 is 14.8 Å². The van der Waals surface area contributed by atoms with Gasteiger partial charge in [0.15, 0.2) is 0 Å². The minimum atomic E-state index is -3.76. The van der Waals surface area contributed by atoms with Crippen molar-refractivity contribution in [1.82, 2.24) is 4.72 Å². The molecule has 26 heavy (non-hydrogen) atoms. The van der Waals surface area contributed by atoms with Crippen molar-refractivity contribution >= 4 is 44.8 Å². The van der Waals surface area contributed by atoms with Gasteiger partial charge in [-0.2, -0.15) is 0 Å². The maximum Gasteiger partial charge on any atom is 0.257 e. The largest absolute Gasteiger partial charge is 0.495 e. The van der Waals surface area contributed by atoms with Gasteiger partial charge in [0.05, 0.1) is 28.3 Å². The van der Waals surface area contributed by atoms with Gasteiger partial charge in [0.25, 0.3) is 5.91 Å². The number of ether oxygens (including phenoxy) is 1. The molecule has 140 valence electrons. The number of rotatable bonds is 6. The van der Waals surface area contributed by atoms with Crippen LogP contribution in [0.3, 0.4) is 0 Å². The van der Waals surface area contributed by atoms with Gasteiger partial charge in [0.1, 0.15) is 5.75 Å². The van der Waals surface area contributed by atoms with E-state index in [-0.39, 0.29) is 21.5 Å². The molecule has 0 aliphatic carbocycles. The number of carbonyl (C=O) groups is 1. The van der Waals surface area contributed by atoms with Crippen LogP contribution in [0, 0.1) is 0 Å². The van der Waals surface area contributed by atoms with Gasteiger partial charge >= 0.3 is 0 Å². The Morgan fingerprint density at radius 2 is 1.81 bits per heavy atom. The highest BCUT2D eigenvalue weighted by Crippen LogP contribution is 2.29. The Labute approximate surface area is 162 Å². The highest BCUT2D eigenvalue weighted by Gasteiger charge is 2.20. The highest BCUT2D eigenvalue weighted by molar-refractivity contribution is 7.89. The standard InChI is InChI=1S/C17H18Cl2N2O4S/c1-10(2)21-26(23,24)12-5-6-14(19)13(9-12)17(22)20-15-8-11(18)4-7-16(15)25-3/h4-10,21H,1-3H3,(H,20,22). The topological polar surface area (TPSA) is 84.5 Å². The van der Waals surface area contributed by atoms with Crippen LogP contribution in [0.1, 0.15) is 24.2 Å². The van der Waals surface area contributed by atoms with E-state index in [1.54, 1.807) is 26.0 Å². The molecule has 0 heterocycles. The van der Waals surface area contributed by atoms with Gasteiger partial charge in [-0.1, -0.05) is 23.2 Å². The first-order valence-electron chi connectivity index (χ1n) is 7.61. The molecule has 2 rings (SSSR count). The monoisotopic (exact) mass is 416 g/mol. The molecule has 0 fully saturated rings. The van der Waals surface area contributed by atoms with Gasteiger partial charge in [-0.25, -0.2) is 13.1 Å². The molecule has 6 nitrogen and oxygen atoms in total. The number of sulfonamides is 1. The van der Waals surface area contributed by atoms with Crippen molar-refractivity contribution in [1.29, 1.82) is 0 Å². The Kier molecular flexibility index (Phi) is 6.52. The summed E-state index contributed by atoms with van der Waals surface area (Å²) in [6, 6.07) is 8.38. The Morgan fingerprint density at radius 1 is 1.12 bits per heavy atom. The maximum atomic E-state index is 12.6. The maximum absolute atomic E-state index is 12.6. The van der Waals surface area contributed by atoms with Crippen molar-refractivity contribution in [2.24, 2.45) is 0 Å². The SMILES string of the molecule is COc1ccc(Cl)cc1NC(=O)c1cc(S(=O)(=O)NC(C)C)ccc1Cl. The van der Waals surface area contributed by atoms with Gasteiger partial charge < -0.3 is 10.1 Å². The molecule has 1 amide bonds. The van der Waals surface area contributed by atoms with E-state index >= 15 is 0 Å². The van der Waals surface area contributed by atoms with Gasteiger partial charge in [-0.15, -0.1) is 0 Å². The van der Waals surface area contributed by atoms with E-state index in [0.717, 1.165) is 0 Å². The van der Waals surface area contributed by atoms with Crippen LogP contribution in [0.5, 0.6) is 5.75 Å². The van der Waals surface area contributed by atoms with E-state index in [1.807, 2.05) is 0 Å². The van der Waals surface area contributed by atoms with Crippen molar-refractivity contribution in [2.45, 2.75) is 24.8 Å². The fourth-order valence-electron chi connectivity index (χ4n) is 2.19. The quantitative estimate of drug-likeness (QED) is 0.746. The summed E-state index contributed by atoms with van der Waals surface area (Å²) in [5, 5.41) is 3.16. The minimum Gasteiger partial charge on any atom is -0.495 e. The van der Waals surface area contributed by atoms with Crippen LogP contribution in [0.4, 0.5) is 5.69 Å². The first kappa shape index (κ1) is 20.5. The first-order chi connectivity index (χ1) is 12.1. The van der Waals surface area contributed by atoms with Crippen LogP contribution >= 0.6 is 23.2 Å². The third-order valence-electron chi connectivity index (χ3n) is 3.29. The molecule has 2 aromatic rings. The number of nitrogens with one attached hydrogen (secondary N) is 2. The van der Waals surface area contributed by atoms with Crippen LogP contribution in [-0.4, -0.2) is 27.5 Å². The molecule has 2 N–H and O–H groups in total. The third-order valence-corrected chi connectivity index (χ3v) is 5.51. The van der Waals surface area contributed by atoms with Crippen molar-refractivity contribution in [2.75, 3.05) is 12.4 Å². The second kappa shape index (κ2) is 8.26. The molecule has 0 aliphatic rings. The summed E-state index contributed by atoms with van der Waals surface area (Å²) in [5.41, 5.74) is 0.356. The van der Waals surface area contributed by atoms with Crippen LogP contribution in [-0.2, 0) is 10.0 Å². The lowest BCUT2D eigenvalue weighted by Crippen LogP contribution is -2.30. The lowest BCUT2D eigenvalue weighted by atomic mass is 10.2. The van der Waals surface area contributed by atoms with Gasteiger partial charge in [-0.3, -0.25) is 4.79 Å². The van der Waals surface area contributed by atoms with Crippen molar-refractivity contribution in [3.8, 4) is 5.75 Å². The molecule has 0 aromatic heterocycles. The predicted octanol–water partition coefficient (Wildman–Crippen LogP) is 3.94. The average Bonchev–Trinajstić information content (AvgIpc) is 2.54. The summed E-state index contributed by atoms with van der Waals surface area (Å²) >= 11 is 12.0. The van der Waals surface area contributed by atoms with Crippen LogP contribution in [0.25, 0.3) is 0 Å². The number of methoxy groups -OCH3 is 1. The molecule has 9 heteroatoms. The second-order valence-electron chi connectivity index (χ2n) is 5.72. The summed E-state index contributed by atoms with van der Waals surface area (Å²) in [7, 11) is -2.30. The third kappa shape index (κ3) is 4.88. The van der Waals surface area contributed by atoms with Crippen LogP contribution in [0.15, 0.2) is 41.3 Å². The van der Waals surface area contributed by atoms with E-state index in [2.05, 4.69) is 10.0 Å². The zero-order valence-electron chi connectivity index (χ0n) is 14.3. The lowest BCUT2D eigenvalue weighted by Gasteiger charge is -2.13. The molecule has 0 saturated heterocycles. The summed E-state index contributed by atoms with van der Waals surface area (Å²) in [4.78, 5) is 12.5. The molecule has 0 radical (unpaired) electrons. The van der Waals surface area contributed by atoms with Gasteiger partial charge in [0.2, 0.25) is 10.0 Å². The average molecular weight is 417 g/mol. The zero-order valence-corrected chi connectivity index (χ0v) is 16.7. The first-order valence-corrected chi connectivity index (χ1v) is 9.84. The van der Waals surface area contributed by atoms with Gasteiger partial charge in [0, 0.05) is 11.1 Å². The Morgan fingerprint density at radius 3 is 2.42 bits per heavy atom. The van der Waals surface area contributed by atoms with Crippen molar-refractivity contribution in [3.63, 3.8) is 0 Å². The van der Waals surface area contributed by atoms with E-state index < -0.39 is 15.9 Å². The van der Waals surface area contributed by atoms with Crippen LogP contribution in [0.2, 0.25) is 10.0 Å². The Bertz CT molecular complexity index is 930. The zero-order chi connectivity index (χ0) is 19.5. The number of amides is 1. The van der Waals surface area contributed by atoms with Gasteiger partial charge in [-0.05, 0) is 50.2 Å². The molecule has 0 atom stereocenters. The molecule has 0 bridgehead atoms. The number of hydrogen-bond acceptors (Lipinski definition) is 4. The van der Waals surface area contributed by atoms with E-state index in [4.69, 9.17) is 27.9 Å². The Balaban J connectivity index is 2.38. The molecular weight excluding hydrogens is 399 g/mol. The van der Waals surface area contributed by atoms with E-state index in [9.17, 15) is 13.2 Å². The lowest BCUT2D eigenvalue weighted by molar-refractivity contribution is 0.102. The minimum absolute atomic E-state index is 0.0142. The predicted molar refractivity (Wildman–Crippen MR) is 103 cm³/mol. The number of anilines is 1. The Hall–Kier alpha value is -1.80. The normalized spacial score (nSPS) is 11.5. The smallest absolute Gasteiger partial charge is 0.257 e. The summed E-state index contributed by atoms with van der Waals surface area (Å²) in [6.07, 6.45) is 0.